The quantitative estimate of drug-likeness (QED) is 0.160. The van der Waals surface area contributed by atoms with E-state index in [0.717, 1.165) is 35.5 Å². The second-order valence-electron chi connectivity index (χ2n) is 19.2. The van der Waals surface area contributed by atoms with Gasteiger partial charge in [-0.2, -0.15) is 0 Å². The van der Waals surface area contributed by atoms with Crippen molar-refractivity contribution in [1.29, 1.82) is 0 Å². The summed E-state index contributed by atoms with van der Waals surface area (Å²) in [5.41, 5.74) is 11.2. The summed E-state index contributed by atoms with van der Waals surface area (Å²) in [6.45, 7) is 4.98. The molecule has 0 radical (unpaired) electrons. The van der Waals surface area contributed by atoms with Gasteiger partial charge in [-0.3, -0.25) is 0 Å². The number of aromatic nitrogens is 1. The number of anilines is 3. The molecular formula is C52H56N2. The van der Waals surface area contributed by atoms with Gasteiger partial charge in [0, 0.05) is 33.5 Å². The van der Waals surface area contributed by atoms with E-state index < -0.39 is 0 Å². The maximum absolute atomic E-state index is 2.57. The summed E-state index contributed by atoms with van der Waals surface area (Å²) in [5.74, 6) is 5.58. The molecule has 5 aromatic carbocycles. The number of hydrogen-bond acceptors (Lipinski definition) is 1. The first-order chi connectivity index (χ1) is 26.4. The molecule has 6 aromatic rings. The Balaban J connectivity index is 1.01. The Morgan fingerprint density at radius 1 is 0.519 bits per heavy atom. The summed E-state index contributed by atoms with van der Waals surface area (Å²) in [5, 5.41) is 2.60. The molecule has 6 aliphatic rings. The van der Waals surface area contributed by atoms with Crippen molar-refractivity contribution < 1.29 is 0 Å². The third-order valence-corrected chi connectivity index (χ3v) is 15.6. The molecule has 1 aromatic heterocycles. The van der Waals surface area contributed by atoms with Gasteiger partial charge in [0.2, 0.25) is 0 Å². The lowest BCUT2D eigenvalue weighted by molar-refractivity contribution is -0.00518. The lowest BCUT2D eigenvalue weighted by Crippen LogP contribution is -2.48. The summed E-state index contributed by atoms with van der Waals surface area (Å²) in [4.78, 5) is 2.53. The first-order valence-electron chi connectivity index (χ1n) is 21.5. The van der Waals surface area contributed by atoms with Crippen LogP contribution in [-0.2, 0) is 10.8 Å². The summed E-state index contributed by atoms with van der Waals surface area (Å²) >= 11 is 0. The Labute approximate surface area is 322 Å². The predicted octanol–water partition coefficient (Wildman–Crippen LogP) is 14.2. The molecule has 12 rings (SSSR count). The van der Waals surface area contributed by atoms with Crippen LogP contribution in [0.5, 0.6) is 0 Å². The van der Waals surface area contributed by atoms with E-state index in [1.807, 2.05) is 0 Å². The van der Waals surface area contributed by atoms with Crippen molar-refractivity contribution in [3.8, 4) is 5.69 Å². The highest BCUT2D eigenvalue weighted by Crippen LogP contribution is 2.61. The topological polar surface area (TPSA) is 8.17 Å². The van der Waals surface area contributed by atoms with E-state index in [0.29, 0.717) is 5.41 Å². The van der Waals surface area contributed by atoms with Crippen LogP contribution in [0.15, 0.2) is 121 Å². The molecule has 6 aliphatic carbocycles. The highest BCUT2D eigenvalue weighted by Gasteiger charge is 2.51. The van der Waals surface area contributed by atoms with Gasteiger partial charge in [0.05, 0.1) is 11.0 Å². The van der Waals surface area contributed by atoms with Crippen molar-refractivity contribution in [2.75, 3.05) is 4.90 Å². The van der Waals surface area contributed by atoms with Gasteiger partial charge in [-0.1, -0.05) is 87.0 Å². The Bertz CT molecular complexity index is 2260. The number of nitrogens with zero attached hydrogens (tertiary/aromatic N) is 2. The molecule has 54 heavy (non-hydrogen) atoms. The fourth-order valence-electron chi connectivity index (χ4n) is 13.8. The minimum Gasteiger partial charge on any atom is -0.310 e. The van der Waals surface area contributed by atoms with Gasteiger partial charge < -0.3 is 9.47 Å². The van der Waals surface area contributed by atoms with Crippen molar-refractivity contribution in [3.63, 3.8) is 0 Å². The highest BCUT2D eigenvalue weighted by atomic mass is 15.1. The molecule has 0 saturated heterocycles. The summed E-state index contributed by atoms with van der Waals surface area (Å²) in [6, 6.07) is 46.7. The van der Waals surface area contributed by atoms with Gasteiger partial charge >= 0.3 is 0 Å². The molecule has 6 saturated carbocycles. The number of para-hydroxylation sites is 2. The molecule has 2 atom stereocenters. The molecule has 0 N–H and O–H groups in total. The minimum atomic E-state index is 0.269. The molecule has 2 nitrogen and oxygen atoms in total. The monoisotopic (exact) mass is 708 g/mol. The lowest BCUT2D eigenvalue weighted by Gasteiger charge is -2.57. The SMILES string of the molecule is CCC1CC2CC(C1)CC(C)(c1ccc(N(c3ccc(C45CC6CC(CC(C6)C4)C5)cc3)c3ccc4c5ccccc5n(-c5ccccc5)c4c3)cc1)C2. The van der Waals surface area contributed by atoms with Crippen molar-refractivity contribution in [2.45, 2.75) is 102 Å². The van der Waals surface area contributed by atoms with Crippen LogP contribution in [0, 0.1) is 35.5 Å². The van der Waals surface area contributed by atoms with E-state index in [4.69, 9.17) is 0 Å². The molecule has 6 fully saturated rings. The van der Waals surface area contributed by atoms with E-state index in [1.54, 1.807) is 5.56 Å². The van der Waals surface area contributed by atoms with Crippen molar-refractivity contribution in [2.24, 2.45) is 35.5 Å². The molecule has 0 spiro atoms. The Morgan fingerprint density at radius 2 is 1.04 bits per heavy atom. The zero-order valence-corrected chi connectivity index (χ0v) is 32.4. The fourth-order valence-corrected chi connectivity index (χ4v) is 13.8. The van der Waals surface area contributed by atoms with Crippen LogP contribution >= 0.6 is 0 Å². The summed E-state index contributed by atoms with van der Waals surface area (Å²) in [7, 11) is 0. The average Bonchev–Trinajstić information content (AvgIpc) is 3.51. The van der Waals surface area contributed by atoms with Crippen LogP contribution in [0.2, 0.25) is 0 Å². The van der Waals surface area contributed by atoms with Crippen LogP contribution < -0.4 is 4.90 Å². The van der Waals surface area contributed by atoms with E-state index in [2.05, 4.69) is 145 Å². The van der Waals surface area contributed by atoms with Crippen LogP contribution in [0.25, 0.3) is 27.5 Å². The van der Waals surface area contributed by atoms with Crippen LogP contribution in [-0.4, -0.2) is 4.57 Å². The molecule has 0 amide bonds. The molecule has 1 heterocycles. The lowest BCUT2D eigenvalue weighted by atomic mass is 9.48. The van der Waals surface area contributed by atoms with Crippen molar-refractivity contribution in [3.05, 3.63) is 132 Å². The largest absolute Gasteiger partial charge is 0.310 e. The fraction of sp³-hybridized carbons (Fsp3) is 0.423. The number of hydrogen-bond donors (Lipinski definition) is 0. The maximum atomic E-state index is 2.57. The average molecular weight is 709 g/mol. The van der Waals surface area contributed by atoms with E-state index in [-0.39, 0.29) is 5.41 Å². The normalized spacial score (nSPS) is 31.3. The van der Waals surface area contributed by atoms with E-state index in [9.17, 15) is 0 Å². The second kappa shape index (κ2) is 12.6. The van der Waals surface area contributed by atoms with E-state index >= 15 is 0 Å². The summed E-state index contributed by atoms with van der Waals surface area (Å²) in [6.07, 6.45) is 17.1. The van der Waals surface area contributed by atoms with Gasteiger partial charge in [0.25, 0.3) is 0 Å². The van der Waals surface area contributed by atoms with Gasteiger partial charge in [0.1, 0.15) is 0 Å². The first-order valence-corrected chi connectivity index (χ1v) is 21.5. The Morgan fingerprint density at radius 3 is 1.65 bits per heavy atom. The summed E-state index contributed by atoms with van der Waals surface area (Å²) < 4.78 is 2.45. The molecule has 2 unspecified atom stereocenters. The van der Waals surface area contributed by atoms with Gasteiger partial charge in [-0.15, -0.1) is 0 Å². The smallest absolute Gasteiger partial charge is 0.0561 e. The molecule has 274 valence electrons. The number of benzene rings is 5. The third-order valence-electron chi connectivity index (χ3n) is 15.6. The van der Waals surface area contributed by atoms with Gasteiger partial charge in [-0.25, -0.2) is 0 Å². The maximum Gasteiger partial charge on any atom is 0.0561 e. The molecule has 0 aliphatic heterocycles. The van der Waals surface area contributed by atoms with E-state index in [1.165, 1.54) is 127 Å². The standard InChI is InChI=1S/C52H56N2/c1-3-35-23-36-25-37(24-35)31-51(2,30-36)41-13-17-44(18-14-41)53(45-19-15-42(16-20-45)52-32-38-26-39(33-52)28-40(27-38)34-52)46-21-22-48-47-11-7-8-12-49(47)54(50(48)29-46)43-9-5-4-6-10-43/h4-22,29,35-40H,3,23-28,30-34H2,1-2H3. The zero-order valence-electron chi connectivity index (χ0n) is 32.4. The van der Waals surface area contributed by atoms with Crippen LogP contribution in [0.3, 0.4) is 0 Å². The van der Waals surface area contributed by atoms with Crippen LogP contribution in [0.4, 0.5) is 17.1 Å². The second-order valence-corrected chi connectivity index (χ2v) is 19.2. The third kappa shape index (κ3) is 5.41. The van der Waals surface area contributed by atoms with Gasteiger partial charge in [-0.05, 0) is 183 Å². The Kier molecular flexibility index (Phi) is 7.73. The highest BCUT2D eigenvalue weighted by molar-refractivity contribution is 6.10. The van der Waals surface area contributed by atoms with Crippen molar-refractivity contribution >= 4 is 38.9 Å². The molecular weight excluding hydrogens is 653 g/mol. The minimum absolute atomic E-state index is 0.269. The predicted molar refractivity (Wildman–Crippen MR) is 227 cm³/mol. The molecule has 2 heteroatoms. The van der Waals surface area contributed by atoms with Crippen molar-refractivity contribution in [1.82, 2.24) is 4.57 Å². The molecule has 6 bridgehead atoms. The first kappa shape index (κ1) is 33.1. The van der Waals surface area contributed by atoms with Crippen LogP contribution in [0.1, 0.15) is 102 Å². The van der Waals surface area contributed by atoms with Gasteiger partial charge in [0.15, 0.2) is 0 Å². The zero-order chi connectivity index (χ0) is 36.0. The Hall–Kier alpha value is -4.30. The number of rotatable bonds is 7. The number of fused-ring (bicyclic) bond motifs is 5.